The summed E-state index contributed by atoms with van der Waals surface area (Å²) < 4.78 is 49.1. The first-order valence-electron chi connectivity index (χ1n) is 13.5. The van der Waals surface area contributed by atoms with Gasteiger partial charge in [0.15, 0.2) is 0 Å². The zero-order valence-corrected chi connectivity index (χ0v) is 18.6. The average molecular weight is 424 g/mol. The van der Waals surface area contributed by atoms with Crippen LogP contribution in [0.15, 0.2) is 0 Å². The molecule has 0 saturated carbocycles. The predicted octanol–water partition coefficient (Wildman–Crippen LogP) is 6.96. The van der Waals surface area contributed by atoms with Crippen molar-refractivity contribution < 1.29 is 25.9 Å². The van der Waals surface area contributed by atoms with E-state index >= 15 is 0 Å². The van der Waals surface area contributed by atoms with E-state index in [1.807, 2.05) is 0 Å². The van der Waals surface area contributed by atoms with Crippen LogP contribution in [0.25, 0.3) is 0 Å². The fourth-order valence-corrected chi connectivity index (χ4v) is 2.91. The van der Waals surface area contributed by atoms with Gasteiger partial charge >= 0.3 is 11.9 Å². The summed E-state index contributed by atoms with van der Waals surface area (Å²) in [4.78, 5) is 24.3. The minimum Gasteiger partial charge on any atom is -0.462 e. The molecule has 0 aliphatic rings. The van der Waals surface area contributed by atoms with Crippen molar-refractivity contribution in [2.45, 2.75) is 123 Å². The van der Waals surface area contributed by atoms with Gasteiger partial charge in [0.1, 0.15) is 12.6 Å². The molecule has 0 aliphatic heterocycles. The molecule has 0 aromatic carbocycles. The Morgan fingerprint density at radius 2 is 1.21 bits per heavy atom. The smallest absolute Gasteiger partial charge is 0.306 e. The summed E-state index contributed by atoms with van der Waals surface area (Å²) in [6, 6.07) is 0. The van der Waals surface area contributed by atoms with E-state index in [2.05, 4.69) is 13.8 Å². The normalized spacial score (nSPS) is 16.8. The molecule has 0 rings (SSSR count). The number of rotatable bonds is 20. The van der Waals surface area contributed by atoms with E-state index in [-0.39, 0.29) is 12.8 Å². The van der Waals surface area contributed by atoms with Crippen LogP contribution in [0.5, 0.6) is 0 Å². The van der Waals surface area contributed by atoms with Crippen LogP contribution < -0.4 is 0 Å². The predicted molar refractivity (Wildman–Crippen MR) is 117 cm³/mol. The van der Waals surface area contributed by atoms with Crippen molar-refractivity contribution in [1.82, 2.24) is 0 Å². The molecule has 5 heteroatoms. The lowest BCUT2D eigenvalue weighted by atomic mass is 10.1. The first-order valence-corrected chi connectivity index (χ1v) is 11.4. The average Bonchev–Trinajstić information content (AvgIpc) is 2.71. The van der Waals surface area contributed by atoms with E-state index in [1.54, 1.807) is 0 Å². The van der Waals surface area contributed by atoms with Gasteiger partial charge in [-0.3, -0.25) is 9.59 Å². The Morgan fingerprint density at radius 3 is 1.68 bits per heavy atom. The summed E-state index contributed by atoms with van der Waals surface area (Å²) in [6.45, 7) is 1.00. The summed E-state index contributed by atoms with van der Waals surface area (Å²) >= 11 is 5.61. The molecule has 166 valence electrons. The van der Waals surface area contributed by atoms with Gasteiger partial charge in [0.25, 0.3) is 0 Å². The molecular weight excluding hydrogens is 376 g/mol. The van der Waals surface area contributed by atoms with Crippen molar-refractivity contribution in [2.75, 3.05) is 12.4 Å². The molecule has 0 aromatic heterocycles. The third kappa shape index (κ3) is 18.6. The zero-order valence-electron chi connectivity index (χ0n) is 22.8. The Hall–Kier alpha value is -0.770. The summed E-state index contributed by atoms with van der Waals surface area (Å²) in [5, 5.41) is 0. The Bertz CT molecular complexity index is 557. The summed E-state index contributed by atoms with van der Waals surface area (Å²) in [5.41, 5.74) is 0. The maximum atomic E-state index is 12.2. The lowest BCUT2D eigenvalue weighted by Crippen LogP contribution is -2.26. The number of unbranched alkanes of at least 4 members (excludes halogenated alkanes) is 12. The molecule has 0 spiro atoms. The lowest BCUT2D eigenvalue weighted by Gasteiger charge is -2.15. The highest BCUT2D eigenvalue weighted by molar-refractivity contribution is 6.18. The van der Waals surface area contributed by atoms with Crippen molar-refractivity contribution in [3.8, 4) is 0 Å². The molecule has 0 bridgehead atoms. The van der Waals surface area contributed by atoms with Crippen LogP contribution in [0.4, 0.5) is 0 Å². The molecule has 1 atom stereocenters. The van der Waals surface area contributed by atoms with Crippen molar-refractivity contribution >= 4 is 23.5 Å². The Morgan fingerprint density at radius 1 is 0.786 bits per heavy atom. The van der Waals surface area contributed by atoms with Gasteiger partial charge in [-0.1, -0.05) is 90.9 Å². The summed E-state index contributed by atoms with van der Waals surface area (Å²) in [7, 11) is 0. The zero-order chi connectivity index (χ0) is 25.4. The standard InChI is InChI=1S/C23H43ClO4/c1-3-5-7-9-11-13-15-17-22(25)27-20-21(19-24)28-23(26)18-16-14-12-10-8-6-4-2/h21H,3-20H2,1-2H3/i19D2,20D2,21D. The third-order valence-electron chi connectivity index (χ3n) is 4.53. The second-order valence-electron chi connectivity index (χ2n) is 7.22. The second kappa shape index (κ2) is 21.0. The van der Waals surface area contributed by atoms with Crippen LogP contribution in [0.3, 0.4) is 0 Å². The van der Waals surface area contributed by atoms with Gasteiger partial charge in [0.2, 0.25) is 0 Å². The van der Waals surface area contributed by atoms with Gasteiger partial charge in [-0.15, -0.1) is 11.6 Å². The summed E-state index contributed by atoms with van der Waals surface area (Å²) in [6.07, 6.45) is 10.1. The Labute approximate surface area is 185 Å². The third-order valence-corrected chi connectivity index (χ3v) is 4.70. The largest absolute Gasteiger partial charge is 0.462 e. The van der Waals surface area contributed by atoms with Crippen LogP contribution in [-0.2, 0) is 19.1 Å². The van der Waals surface area contributed by atoms with E-state index in [0.29, 0.717) is 12.8 Å². The number of halogens is 1. The molecule has 0 saturated heterocycles. The van der Waals surface area contributed by atoms with Crippen LogP contribution in [-0.4, -0.2) is 30.4 Å². The van der Waals surface area contributed by atoms with Gasteiger partial charge < -0.3 is 9.47 Å². The van der Waals surface area contributed by atoms with Gasteiger partial charge in [0, 0.05) is 15.6 Å². The minimum atomic E-state index is -3.26. The number of alkyl halides is 1. The van der Waals surface area contributed by atoms with Crippen molar-refractivity contribution in [3.05, 3.63) is 0 Å². The topological polar surface area (TPSA) is 52.6 Å². The Balaban J connectivity index is 4.68. The number of hydrogen-bond acceptors (Lipinski definition) is 4. The van der Waals surface area contributed by atoms with Crippen molar-refractivity contribution in [1.29, 1.82) is 0 Å². The number of ether oxygens (including phenoxy) is 2. The van der Waals surface area contributed by atoms with Gasteiger partial charge in [-0.2, -0.15) is 0 Å². The molecule has 0 amide bonds. The number of carbonyl (C=O) groups excluding carboxylic acids is 2. The van der Waals surface area contributed by atoms with Gasteiger partial charge in [0.05, 0.1) is 9.94 Å². The minimum absolute atomic E-state index is 0.0688. The quantitative estimate of drug-likeness (QED) is 0.120. The van der Waals surface area contributed by atoms with Crippen LogP contribution >= 0.6 is 11.6 Å². The van der Waals surface area contributed by atoms with E-state index in [1.165, 1.54) is 12.8 Å². The van der Waals surface area contributed by atoms with Crippen molar-refractivity contribution in [3.63, 3.8) is 0 Å². The fourth-order valence-electron chi connectivity index (χ4n) is 2.83. The number of carbonyl (C=O) groups is 2. The molecule has 0 aromatic rings. The van der Waals surface area contributed by atoms with Crippen LogP contribution in [0.1, 0.15) is 123 Å². The monoisotopic (exact) mass is 423 g/mol. The maximum Gasteiger partial charge on any atom is 0.306 e. The highest BCUT2D eigenvalue weighted by atomic mass is 35.5. The number of hydrogen-bond donors (Lipinski definition) is 0. The summed E-state index contributed by atoms with van der Waals surface area (Å²) in [5.74, 6) is -4.99. The molecule has 0 fully saturated rings. The van der Waals surface area contributed by atoms with E-state index in [4.69, 9.17) is 27.9 Å². The fraction of sp³-hybridized carbons (Fsp3) is 0.913. The SMILES string of the molecule is [2H]C([2H])(Cl)C([2H])(OC(=O)CCCCCCCCC)C([2H])([2H])OC(=O)CCCCCCCCC. The molecule has 0 heterocycles. The first-order chi connectivity index (χ1) is 15.4. The highest BCUT2D eigenvalue weighted by Gasteiger charge is 2.15. The molecular formula is C23H43ClO4. The van der Waals surface area contributed by atoms with Crippen LogP contribution in [0, 0.1) is 0 Å². The van der Waals surface area contributed by atoms with Gasteiger partial charge in [-0.25, -0.2) is 0 Å². The maximum absolute atomic E-state index is 12.2. The van der Waals surface area contributed by atoms with E-state index in [0.717, 1.165) is 64.2 Å². The van der Waals surface area contributed by atoms with E-state index in [9.17, 15) is 9.59 Å². The molecule has 0 aliphatic carbocycles. The number of esters is 2. The Kier molecular flexibility index (Phi) is 14.4. The highest BCUT2D eigenvalue weighted by Crippen LogP contribution is 2.11. The lowest BCUT2D eigenvalue weighted by molar-refractivity contribution is -0.157. The molecule has 28 heavy (non-hydrogen) atoms. The molecule has 0 radical (unpaired) electrons. The van der Waals surface area contributed by atoms with Gasteiger partial charge in [-0.05, 0) is 12.8 Å². The molecule has 0 N–H and O–H groups in total. The van der Waals surface area contributed by atoms with E-state index < -0.39 is 30.4 Å². The second-order valence-corrected chi connectivity index (χ2v) is 7.41. The van der Waals surface area contributed by atoms with Crippen molar-refractivity contribution in [2.24, 2.45) is 0 Å². The molecule has 1 unspecified atom stereocenters. The first kappa shape index (κ1) is 19.2. The molecule has 4 nitrogen and oxygen atoms in total. The van der Waals surface area contributed by atoms with Crippen LogP contribution in [0.2, 0.25) is 0 Å².